The number of rotatable bonds is 20. The average Bonchev–Trinajstić information content (AvgIpc) is 2.58. The van der Waals surface area contributed by atoms with Gasteiger partial charge in [-0.3, -0.25) is 0 Å². The summed E-state index contributed by atoms with van der Waals surface area (Å²) in [6.45, 7) is 6.55. The molecular formula is C22H43F3O2. The van der Waals surface area contributed by atoms with Gasteiger partial charge >= 0.3 is 6.18 Å². The van der Waals surface area contributed by atoms with Crippen molar-refractivity contribution in [3.63, 3.8) is 0 Å². The van der Waals surface area contributed by atoms with Crippen molar-refractivity contribution in [1.29, 1.82) is 0 Å². The van der Waals surface area contributed by atoms with Gasteiger partial charge in [0.2, 0.25) is 0 Å². The van der Waals surface area contributed by atoms with E-state index in [2.05, 4.69) is 0 Å². The number of halogens is 3. The average molecular weight is 397 g/mol. The zero-order valence-corrected chi connectivity index (χ0v) is 17.8. The molecule has 164 valence electrons. The minimum absolute atomic E-state index is 0.293. The third-order valence-corrected chi connectivity index (χ3v) is 4.63. The summed E-state index contributed by atoms with van der Waals surface area (Å²) < 4.78 is 47.0. The Morgan fingerprint density at radius 1 is 0.556 bits per heavy atom. The van der Waals surface area contributed by atoms with Crippen molar-refractivity contribution in [2.75, 3.05) is 19.8 Å². The topological polar surface area (TPSA) is 18.5 Å². The molecule has 0 aromatic carbocycles. The first kappa shape index (κ1) is 26.7. The Labute approximate surface area is 165 Å². The first-order valence-electron chi connectivity index (χ1n) is 11.2. The Morgan fingerprint density at radius 2 is 0.963 bits per heavy atom. The number of unbranched alkanes of at least 4 members (excludes halogenated alkanes) is 12. The second-order valence-corrected chi connectivity index (χ2v) is 7.85. The molecule has 0 atom stereocenters. The van der Waals surface area contributed by atoms with Gasteiger partial charge in [-0.2, -0.15) is 13.2 Å². The summed E-state index contributed by atoms with van der Waals surface area (Å²) in [5, 5.41) is 0. The minimum atomic E-state index is -3.98. The fourth-order valence-corrected chi connectivity index (χ4v) is 3.06. The predicted molar refractivity (Wildman–Crippen MR) is 107 cm³/mol. The van der Waals surface area contributed by atoms with Crippen LogP contribution in [0.1, 0.15) is 110 Å². The molecule has 0 aliphatic heterocycles. The number of hydrogen-bond acceptors (Lipinski definition) is 2. The molecule has 0 fully saturated rings. The Balaban J connectivity index is 3.03. The zero-order valence-electron chi connectivity index (χ0n) is 17.8. The fourth-order valence-electron chi connectivity index (χ4n) is 3.06. The molecule has 0 radical (unpaired) electrons. The largest absolute Gasteiger partial charge is 0.389 e. The van der Waals surface area contributed by atoms with Crippen LogP contribution in [0.3, 0.4) is 0 Å². The normalized spacial score (nSPS) is 12.2. The molecule has 0 aliphatic rings. The van der Waals surface area contributed by atoms with Gasteiger partial charge in [-0.15, -0.1) is 0 Å². The lowest BCUT2D eigenvalue weighted by molar-refractivity contribution is -0.135. The van der Waals surface area contributed by atoms with Crippen LogP contribution < -0.4 is 0 Å². The van der Waals surface area contributed by atoms with Crippen LogP contribution in [0.2, 0.25) is 0 Å². The molecule has 0 aromatic rings. The standard InChI is InChI=1S/C22H43F3O2/c1-21(2)27-20-16-19-26-18-15-13-11-9-7-5-3-4-6-8-10-12-14-17-22(23,24)25/h21H,3-20H2,1-2H3. The molecule has 2 nitrogen and oxygen atoms in total. The van der Waals surface area contributed by atoms with Crippen molar-refractivity contribution in [1.82, 2.24) is 0 Å². The number of hydrogen-bond donors (Lipinski definition) is 0. The molecule has 0 heterocycles. The maximum absolute atomic E-state index is 12.0. The molecule has 0 bridgehead atoms. The molecule has 27 heavy (non-hydrogen) atoms. The summed E-state index contributed by atoms with van der Waals surface area (Å²) >= 11 is 0. The highest BCUT2D eigenvalue weighted by Gasteiger charge is 2.25. The van der Waals surface area contributed by atoms with E-state index in [1.54, 1.807) is 0 Å². The van der Waals surface area contributed by atoms with E-state index in [0.717, 1.165) is 51.9 Å². The first-order valence-corrected chi connectivity index (χ1v) is 11.2. The maximum atomic E-state index is 12.0. The van der Waals surface area contributed by atoms with Crippen molar-refractivity contribution < 1.29 is 22.6 Å². The van der Waals surface area contributed by atoms with Crippen molar-refractivity contribution in [3.05, 3.63) is 0 Å². The van der Waals surface area contributed by atoms with Gasteiger partial charge in [0.05, 0.1) is 6.10 Å². The lowest BCUT2D eigenvalue weighted by Crippen LogP contribution is -2.07. The van der Waals surface area contributed by atoms with Crippen LogP contribution in [-0.2, 0) is 9.47 Å². The lowest BCUT2D eigenvalue weighted by atomic mass is 10.0. The molecule has 0 unspecified atom stereocenters. The van der Waals surface area contributed by atoms with Crippen LogP contribution in [0, 0.1) is 0 Å². The van der Waals surface area contributed by atoms with Crippen LogP contribution in [0.15, 0.2) is 0 Å². The van der Waals surface area contributed by atoms with Gasteiger partial charge in [-0.05, 0) is 33.1 Å². The summed E-state index contributed by atoms with van der Waals surface area (Å²) in [5.41, 5.74) is 0. The van der Waals surface area contributed by atoms with Crippen molar-refractivity contribution in [2.45, 2.75) is 122 Å². The van der Waals surface area contributed by atoms with E-state index < -0.39 is 12.6 Å². The second kappa shape index (κ2) is 19.0. The SMILES string of the molecule is CC(C)OCCCOCCCCCCCCCCCCCCCC(F)(F)F. The number of alkyl halides is 3. The Hall–Kier alpha value is -0.290. The summed E-state index contributed by atoms with van der Waals surface area (Å²) in [7, 11) is 0. The predicted octanol–water partition coefficient (Wildman–Crippen LogP) is 7.84. The van der Waals surface area contributed by atoms with Crippen molar-refractivity contribution in [2.24, 2.45) is 0 Å². The minimum Gasteiger partial charge on any atom is -0.381 e. The van der Waals surface area contributed by atoms with Crippen LogP contribution in [0.4, 0.5) is 13.2 Å². The quantitative estimate of drug-likeness (QED) is 0.195. The lowest BCUT2D eigenvalue weighted by Gasteiger charge is -2.07. The van der Waals surface area contributed by atoms with Gasteiger partial charge in [-0.1, -0.05) is 70.6 Å². The molecule has 0 rings (SSSR count). The molecule has 0 saturated heterocycles. The molecule has 0 aliphatic carbocycles. The molecule has 0 amide bonds. The smallest absolute Gasteiger partial charge is 0.381 e. The van der Waals surface area contributed by atoms with Gasteiger partial charge < -0.3 is 9.47 Å². The van der Waals surface area contributed by atoms with E-state index in [1.807, 2.05) is 13.8 Å². The molecular weight excluding hydrogens is 353 g/mol. The highest BCUT2D eigenvalue weighted by Crippen LogP contribution is 2.23. The van der Waals surface area contributed by atoms with Gasteiger partial charge in [0.1, 0.15) is 0 Å². The molecule has 0 aromatic heterocycles. The Kier molecular flexibility index (Phi) is 18.8. The van der Waals surface area contributed by atoms with Crippen LogP contribution in [0.25, 0.3) is 0 Å². The van der Waals surface area contributed by atoms with Crippen molar-refractivity contribution in [3.8, 4) is 0 Å². The Morgan fingerprint density at radius 3 is 1.41 bits per heavy atom. The summed E-state index contributed by atoms with van der Waals surface area (Å²) in [4.78, 5) is 0. The van der Waals surface area contributed by atoms with E-state index in [9.17, 15) is 13.2 Å². The molecule has 5 heteroatoms. The molecule has 0 spiro atoms. The third-order valence-electron chi connectivity index (χ3n) is 4.63. The van der Waals surface area contributed by atoms with Gasteiger partial charge in [0.15, 0.2) is 0 Å². The van der Waals surface area contributed by atoms with Crippen LogP contribution in [0.5, 0.6) is 0 Å². The van der Waals surface area contributed by atoms with E-state index in [1.165, 1.54) is 51.4 Å². The third kappa shape index (κ3) is 25.7. The van der Waals surface area contributed by atoms with Crippen LogP contribution >= 0.6 is 0 Å². The van der Waals surface area contributed by atoms with E-state index in [0.29, 0.717) is 12.5 Å². The first-order chi connectivity index (χ1) is 12.9. The second-order valence-electron chi connectivity index (χ2n) is 7.85. The summed E-state index contributed by atoms with van der Waals surface area (Å²) in [5.74, 6) is 0. The van der Waals surface area contributed by atoms with E-state index >= 15 is 0 Å². The monoisotopic (exact) mass is 396 g/mol. The van der Waals surface area contributed by atoms with Gasteiger partial charge in [-0.25, -0.2) is 0 Å². The summed E-state index contributed by atoms with van der Waals surface area (Å²) in [6.07, 6.45) is 11.0. The molecule has 0 N–H and O–H groups in total. The van der Waals surface area contributed by atoms with E-state index in [-0.39, 0.29) is 0 Å². The van der Waals surface area contributed by atoms with Crippen molar-refractivity contribution >= 4 is 0 Å². The Bertz CT molecular complexity index is 294. The highest BCUT2D eigenvalue weighted by atomic mass is 19.4. The maximum Gasteiger partial charge on any atom is 0.389 e. The highest BCUT2D eigenvalue weighted by molar-refractivity contribution is 4.53. The van der Waals surface area contributed by atoms with Gasteiger partial charge in [0.25, 0.3) is 0 Å². The summed E-state index contributed by atoms with van der Waals surface area (Å²) in [6, 6.07) is 0. The van der Waals surface area contributed by atoms with E-state index in [4.69, 9.17) is 9.47 Å². The molecule has 0 saturated carbocycles. The van der Waals surface area contributed by atoms with Gasteiger partial charge in [0, 0.05) is 26.2 Å². The fraction of sp³-hybridized carbons (Fsp3) is 1.00. The number of ether oxygens (including phenoxy) is 2. The zero-order chi connectivity index (χ0) is 20.2. The van der Waals surface area contributed by atoms with Crippen LogP contribution in [-0.4, -0.2) is 32.1 Å².